The second-order valence-corrected chi connectivity index (χ2v) is 6.21. The highest BCUT2D eigenvalue weighted by molar-refractivity contribution is 7.18. The Labute approximate surface area is 129 Å². The molecule has 0 spiro atoms. The maximum atomic E-state index is 14.0. The Morgan fingerprint density at radius 1 is 1.29 bits per heavy atom. The Morgan fingerprint density at radius 2 is 2.05 bits per heavy atom. The van der Waals surface area contributed by atoms with Gasteiger partial charge in [0.05, 0.1) is 16.0 Å². The van der Waals surface area contributed by atoms with Crippen molar-refractivity contribution in [3.05, 3.63) is 39.5 Å². The fraction of sp³-hybridized carbons (Fsp3) is 0.143. The molecule has 3 aromatic rings. The van der Waals surface area contributed by atoms with Gasteiger partial charge in [-0.15, -0.1) is 11.3 Å². The number of aromatic nitrogens is 2. The van der Waals surface area contributed by atoms with E-state index in [1.807, 2.05) is 13.8 Å². The first-order valence-corrected chi connectivity index (χ1v) is 7.41. The van der Waals surface area contributed by atoms with E-state index in [-0.39, 0.29) is 16.4 Å². The first-order valence-electron chi connectivity index (χ1n) is 6.21. The summed E-state index contributed by atoms with van der Waals surface area (Å²) in [6.07, 6.45) is 0. The number of rotatable bonds is 2. The largest absolute Gasteiger partial charge is 0.308 e. The number of aryl methyl sites for hydroxylation is 2. The second kappa shape index (κ2) is 5.22. The van der Waals surface area contributed by atoms with Gasteiger partial charge >= 0.3 is 0 Å². The molecule has 4 nitrogen and oxygen atoms in total. The van der Waals surface area contributed by atoms with Crippen molar-refractivity contribution in [3.63, 3.8) is 0 Å². The number of nitrogens with one attached hydrogen (secondary N) is 1. The lowest BCUT2D eigenvalue weighted by Gasteiger charge is -2.08. The second-order valence-electron chi connectivity index (χ2n) is 4.60. The molecule has 0 aliphatic carbocycles. The van der Waals surface area contributed by atoms with E-state index in [0.29, 0.717) is 5.82 Å². The minimum Gasteiger partial charge on any atom is -0.308 e. The Kier molecular flexibility index (Phi) is 3.52. The van der Waals surface area contributed by atoms with Crippen LogP contribution in [0.4, 0.5) is 10.2 Å². The fourth-order valence-corrected chi connectivity index (χ4v) is 3.45. The van der Waals surface area contributed by atoms with Crippen molar-refractivity contribution < 1.29 is 4.39 Å². The Morgan fingerprint density at radius 3 is 2.71 bits per heavy atom. The zero-order valence-corrected chi connectivity index (χ0v) is 12.9. The molecule has 2 aromatic heterocycles. The number of thiophene rings is 1. The number of anilines is 1. The number of hydrogen-bond acceptors (Lipinski definition) is 5. The van der Waals surface area contributed by atoms with Crippen molar-refractivity contribution in [3.8, 4) is 11.4 Å². The molecule has 3 N–H and O–H groups in total. The molecule has 0 unspecified atom stereocenters. The lowest BCUT2D eigenvalue weighted by atomic mass is 10.1. The third-order valence-corrected chi connectivity index (χ3v) is 4.77. The summed E-state index contributed by atoms with van der Waals surface area (Å²) in [6, 6.07) is 4.48. The van der Waals surface area contributed by atoms with E-state index >= 15 is 0 Å². The number of nitrogen functional groups attached to an aromatic ring is 1. The third kappa shape index (κ3) is 2.25. The highest BCUT2D eigenvalue weighted by atomic mass is 35.5. The van der Waals surface area contributed by atoms with Gasteiger partial charge in [0.25, 0.3) is 0 Å². The monoisotopic (exact) mass is 322 g/mol. The Bertz CT molecular complexity index is 826. The first kappa shape index (κ1) is 14.2. The van der Waals surface area contributed by atoms with Crippen LogP contribution in [0.15, 0.2) is 18.2 Å². The average Bonchev–Trinajstić information content (AvgIpc) is 2.73. The van der Waals surface area contributed by atoms with E-state index in [4.69, 9.17) is 17.4 Å². The quantitative estimate of drug-likeness (QED) is 0.552. The summed E-state index contributed by atoms with van der Waals surface area (Å²) in [4.78, 5) is 10.6. The van der Waals surface area contributed by atoms with Crippen LogP contribution in [0.2, 0.25) is 5.02 Å². The molecule has 1 aromatic carbocycles. The lowest BCUT2D eigenvalue weighted by molar-refractivity contribution is 0.630. The van der Waals surface area contributed by atoms with Gasteiger partial charge in [-0.2, -0.15) is 0 Å². The topological polar surface area (TPSA) is 63.8 Å². The first-order chi connectivity index (χ1) is 10.0. The van der Waals surface area contributed by atoms with E-state index in [9.17, 15) is 4.39 Å². The zero-order valence-electron chi connectivity index (χ0n) is 11.4. The summed E-state index contributed by atoms with van der Waals surface area (Å²) in [5.74, 6) is 5.78. The number of hydrogen-bond donors (Lipinski definition) is 2. The van der Waals surface area contributed by atoms with Gasteiger partial charge in [-0.1, -0.05) is 17.7 Å². The molecule has 0 saturated heterocycles. The van der Waals surface area contributed by atoms with Crippen LogP contribution in [0.1, 0.15) is 10.4 Å². The van der Waals surface area contributed by atoms with Crippen LogP contribution in [0.25, 0.3) is 21.6 Å². The summed E-state index contributed by atoms with van der Waals surface area (Å²) in [6.45, 7) is 3.98. The minimum absolute atomic E-state index is 0.182. The van der Waals surface area contributed by atoms with Crippen molar-refractivity contribution in [1.82, 2.24) is 9.97 Å². The maximum Gasteiger partial charge on any atom is 0.167 e. The molecule has 108 valence electrons. The predicted octanol–water partition coefficient (Wildman–Crippen LogP) is 4.05. The molecule has 0 atom stereocenters. The van der Waals surface area contributed by atoms with Gasteiger partial charge in [0.15, 0.2) is 11.6 Å². The standard InChI is InChI=1S/C14H12ClFN4S/c1-6-7(2)21-14-10(6)13(20-17)18-12(19-14)11-8(15)4-3-5-9(11)16/h3-5H,17H2,1-2H3,(H,18,19,20). The summed E-state index contributed by atoms with van der Waals surface area (Å²) in [7, 11) is 0. The summed E-state index contributed by atoms with van der Waals surface area (Å²) >= 11 is 7.60. The van der Waals surface area contributed by atoms with Gasteiger partial charge in [-0.25, -0.2) is 20.2 Å². The smallest absolute Gasteiger partial charge is 0.167 e. The molecule has 0 fully saturated rings. The van der Waals surface area contributed by atoms with Gasteiger partial charge in [0.2, 0.25) is 0 Å². The maximum absolute atomic E-state index is 14.0. The third-order valence-electron chi connectivity index (χ3n) is 3.35. The van der Waals surface area contributed by atoms with Gasteiger partial charge in [-0.3, -0.25) is 0 Å². The van der Waals surface area contributed by atoms with Crippen LogP contribution >= 0.6 is 22.9 Å². The van der Waals surface area contributed by atoms with Crippen LogP contribution in [0.3, 0.4) is 0 Å². The Balaban J connectivity index is 2.35. The van der Waals surface area contributed by atoms with Crippen LogP contribution in [-0.4, -0.2) is 9.97 Å². The molecule has 21 heavy (non-hydrogen) atoms. The fourth-order valence-electron chi connectivity index (χ4n) is 2.18. The highest BCUT2D eigenvalue weighted by Crippen LogP contribution is 2.36. The van der Waals surface area contributed by atoms with Crippen molar-refractivity contribution in [1.29, 1.82) is 0 Å². The molecule has 0 amide bonds. The summed E-state index contributed by atoms with van der Waals surface area (Å²) in [5.41, 5.74) is 3.81. The molecule has 0 saturated carbocycles. The van der Waals surface area contributed by atoms with Gasteiger partial charge in [-0.05, 0) is 31.5 Å². The molecule has 7 heteroatoms. The van der Waals surface area contributed by atoms with E-state index < -0.39 is 5.82 Å². The number of hydrazine groups is 1. The number of fused-ring (bicyclic) bond motifs is 1. The predicted molar refractivity (Wildman–Crippen MR) is 85.1 cm³/mol. The SMILES string of the molecule is Cc1sc2nc(-c3c(F)cccc3Cl)nc(NN)c2c1C. The molecule has 0 bridgehead atoms. The molecule has 2 heterocycles. The number of benzene rings is 1. The van der Waals surface area contributed by atoms with Gasteiger partial charge in [0.1, 0.15) is 10.6 Å². The highest BCUT2D eigenvalue weighted by Gasteiger charge is 2.18. The summed E-state index contributed by atoms with van der Waals surface area (Å²) < 4.78 is 14.0. The van der Waals surface area contributed by atoms with E-state index in [1.165, 1.54) is 17.4 Å². The van der Waals surface area contributed by atoms with Crippen molar-refractivity contribution in [2.75, 3.05) is 5.43 Å². The summed E-state index contributed by atoms with van der Waals surface area (Å²) in [5, 5.41) is 1.12. The normalized spacial score (nSPS) is 11.1. The number of nitrogens with two attached hydrogens (primary N) is 1. The van der Waals surface area contributed by atoms with Crippen molar-refractivity contribution >= 4 is 39.0 Å². The molecule has 0 aliphatic rings. The molecule has 0 radical (unpaired) electrons. The zero-order chi connectivity index (χ0) is 15.1. The number of halogens is 2. The van der Waals surface area contributed by atoms with Crippen LogP contribution in [-0.2, 0) is 0 Å². The van der Waals surface area contributed by atoms with E-state index in [1.54, 1.807) is 12.1 Å². The van der Waals surface area contributed by atoms with Crippen molar-refractivity contribution in [2.45, 2.75) is 13.8 Å². The lowest BCUT2D eigenvalue weighted by Crippen LogP contribution is -2.10. The van der Waals surface area contributed by atoms with E-state index in [2.05, 4.69) is 15.4 Å². The molecular weight excluding hydrogens is 311 g/mol. The molecule has 0 aliphatic heterocycles. The van der Waals surface area contributed by atoms with Crippen LogP contribution < -0.4 is 11.3 Å². The Hall–Kier alpha value is -1.76. The number of nitrogens with zero attached hydrogens (tertiary/aromatic N) is 2. The average molecular weight is 323 g/mol. The van der Waals surface area contributed by atoms with Crippen LogP contribution in [0, 0.1) is 19.7 Å². The van der Waals surface area contributed by atoms with Crippen molar-refractivity contribution in [2.24, 2.45) is 5.84 Å². The van der Waals surface area contributed by atoms with Gasteiger partial charge in [0, 0.05) is 4.88 Å². The van der Waals surface area contributed by atoms with Gasteiger partial charge < -0.3 is 5.43 Å². The van der Waals surface area contributed by atoms with E-state index in [0.717, 1.165) is 20.7 Å². The van der Waals surface area contributed by atoms with Crippen LogP contribution in [0.5, 0.6) is 0 Å². The molecule has 3 rings (SSSR count). The minimum atomic E-state index is -0.463. The molecular formula is C14H12ClFN4S.